The second-order valence-corrected chi connectivity index (χ2v) is 11.0. The summed E-state index contributed by atoms with van der Waals surface area (Å²) in [6, 6.07) is 31.3. The van der Waals surface area contributed by atoms with Crippen molar-refractivity contribution in [3.05, 3.63) is 124 Å². The first-order valence-electron chi connectivity index (χ1n) is 14.5. The molecule has 43 heavy (non-hydrogen) atoms. The Balaban J connectivity index is 1.51. The standard InChI is InChI=1S/C33H35N7O3/c1-22(2)30(41)37-32-36-29-28(31(42)38-32)35-21-40(29)27-20-39(19-26(18-34)43-27)33(23-12-6-3-7-13-23,24-14-8-4-9-15-24)25-16-10-5-11-17-25/h3-17,21-22,26-27H,18-20,34H2,1-2H3,(H2,36,37,38,41,42). The van der Waals surface area contributed by atoms with Gasteiger partial charge in [-0.15, -0.1) is 0 Å². The molecule has 2 unspecified atom stereocenters. The van der Waals surface area contributed by atoms with Crippen LogP contribution in [0.1, 0.15) is 36.8 Å². The lowest BCUT2D eigenvalue weighted by molar-refractivity contribution is -0.131. The topological polar surface area (TPSA) is 131 Å². The number of rotatable bonds is 8. The molecule has 0 spiro atoms. The minimum Gasteiger partial charge on any atom is -0.351 e. The molecule has 1 amide bonds. The van der Waals surface area contributed by atoms with Crippen molar-refractivity contribution < 1.29 is 9.53 Å². The molecule has 10 heteroatoms. The van der Waals surface area contributed by atoms with Crippen LogP contribution in [0.5, 0.6) is 0 Å². The van der Waals surface area contributed by atoms with Crippen molar-refractivity contribution in [3.8, 4) is 0 Å². The van der Waals surface area contributed by atoms with E-state index in [-0.39, 0.29) is 35.9 Å². The van der Waals surface area contributed by atoms with Gasteiger partial charge < -0.3 is 10.5 Å². The van der Waals surface area contributed by atoms with Gasteiger partial charge in [0.1, 0.15) is 6.23 Å². The molecule has 1 aliphatic rings. The second kappa shape index (κ2) is 11.9. The zero-order valence-electron chi connectivity index (χ0n) is 24.2. The van der Waals surface area contributed by atoms with Gasteiger partial charge in [-0.25, -0.2) is 4.98 Å². The molecule has 0 saturated carbocycles. The number of imidazole rings is 1. The number of carbonyl (C=O) groups excluding carboxylic acids is 1. The summed E-state index contributed by atoms with van der Waals surface area (Å²) in [5, 5.41) is 2.69. The summed E-state index contributed by atoms with van der Waals surface area (Å²) in [6.07, 6.45) is 0.664. The van der Waals surface area contributed by atoms with E-state index < -0.39 is 17.3 Å². The molecule has 1 saturated heterocycles. The van der Waals surface area contributed by atoms with E-state index in [1.807, 2.05) is 18.2 Å². The number of anilines is 1. The Morgan fingerprint density at radius 3 is 2.05 bits per heavy atom. The van der Waals surface area contributed by atoms with Crippen LogP contribution >= 0.6 is 0 Å². The third-order valence-corrected chi connectivity index (χ3v) is 7.97. The summed E-state index contributed by atoms with van der Waals surface area (Å²) in [5.41, 5.74) is 8.95. The van der Waals surface area contributed by atoms with E-state index in [1.54, 1.807) is 24.7 Å². The van der Waals surface area contributed by atoms with Crippen LogP contribution in [0.15, 0.2) is 102 Å². The molecular weight excluding hydrogens is 542 g/mol. The fourth-order valence-corrected chi connectivity index (χ4v) is 5.92. The van der Waals surface area contributed by atoms with E-state index in [2.05, 4.69) is 98.0 Å². The number of hydrogen-bond acceptors (Lipinski definition) is 7. The van der Waals surface area contributed by atoms with Gasteiger partial charge in [0.15, 0.2) is 11.2 Å². The van der Waals surface area contributed by atoms with Crippen molar-refractivity contribution >= 4 is 23.0 Å². The Morgan fingerprint density at radius 1 is 0.977 bits per heavy atom. The van der Waals surface area contributed by atoms with Gasteiger partial charge in [-0.3, -0.25) is 29.4 Å². The van der Waals surface area contributed by atoms with Gasteiger partial charge in [-0.05, 0) is 16.7 Å². The number of nitrogens with one attached hydrogen (secondary N) is 2. The van der Waals surface area contributed by atoms with E-state index in [9.17, 15) is 9.59 Å². The van der Waals surface area contributed by atoms with E-state index in [0.29, 0.717) is 18.7 Å². The molecule has 0 radical (unpaired) electrons. The van der Waals surface area contributed by atoms with Crippen molar-refractivity contribution in [2.24, 2.45) is 11.7 Å². The number of H-pyrrole nitrogens is 1. The highest BCUT2D eigenvalue weighted by Gasteiger charge is 2.46. The third kappa shape index (κ3) is 5.25. The van der Waals surface area contributed by atoms with Gasteiger partial charge >= 0.3 is 0 Å². The van der Waals surface area contributed by atoms with Gasteiger partial charge in [0, 0.05) is 25.6 Å². The van der Waals surface area contributed by atoms with Gasteiger partial charge in [0.2, 0.25) is 11.9 Å². The number of hydrogen-bond donors (Lipinski definition) is 3. The summed E-state index contributed by atoms with van der Waals surface area (Å²) in [4.78, 5) is 39.3. The predicted octanol–water partition coefficient (Wildman–Crippen LogP) is 3.86. The summed E-state index contributed by atoms with van der Waals surface area (Å²) < 4.78 is 8.30. The van der Waals surface area contributed by atoms with Crippen LogP contribution in [-0.2, 0) is 15.1 Å². The molecule has 0 bridgehead atoms. The molecule has 1 aliphatic heterocycles. The number of morpholine rings is 1. The van der Waals surface area contributed by atoms with Crippen molar-refractivity contribution in [3.63, 3.8) is 0 Å². The van der Waals surface area contributed by atoms with Crippen molar-refractivity contribution in [1.82, 2.24) is 24.4 Å². The van der Waals surface area contributed by atoms with Crippen LogP contribution in [0.2, 0.25) is 0 Å². The largest absolute Gasteiger partial charge is 0.351 e. The Hall–Kier alpha value is -4.64. The van der Waals surface area contributed by atoms with E-state index >= 15 is 0 Å². The van der Waals surface area contributed by atoms with Gasteiger partial charge in [0.25, 0.3) is 5.56 Å². The molecule has 2 atom stereocenters. The zero-order valence-corrected chi connectivity index (χ0v) is 24.2. The number of benzene rings is 3. The molecule has 220 valence electrons. The normalized spacial score (nSPS) is 17.8. The summed E-state index contributed by atoms with van der Waals surface area (Å²) in [7, 11) is 0. The Labute approximate surface area is 249 Å². The molecule has 1 fully saturated rings. The maximum absolute atomic E-state index is 13.0. The fraction of sp³-hybridized carbons (Fsp3) is 0.273. The predicted molar refractivity (Wildman–Crippen MR) is 165 cm³/mol. The molecule has 4 N–H and O–H groups in total. The maximum Gasteiger partial charge on any atom is 0.280 e. The average molecular weight is 578 g/mol. The minimum atomic E-state index is -0.684. The highest BCUT2D eigenvalue weighted by atomic mass is 16.5. The Kier molecular flexibility index (Phi) is 7.90. The lowest BCUT2D eigenvalue weighted by atomic mass is 9.75. The minimum absolute atomic E-state index is 0.0631. The SMILES string of the molecule is CC(C)C(=O)Nc1nc2c(ncn2C2CN(C(c3ccccc3)(c3ccccc3)c3ccccc3)CC(CN)O2)c(=O)[nH]1. The number of carbonyl (C=O) groups is 1. The highest BCUT2D eigenvalue weighted by Crippen LogP contribution is 2.44. The van der Waals surface area contributed by atoms with Gasteiger partial charge in [-0.1, -0.05) is 105 Å². The first-order chi connectivity index (χ1) is 20.9. The average Bonchev–Trinajstić information content (AvgIpc) is 3.47. The number of aromatic nitrogens is 4. The number of fused-ring (bicyclic) bond motifs is 1. The zero-order chi connectivity index (χ0) is 30.0. The van der Waals surface area contributed by atoms with E-state index in [4.69, 9.17) is 10.5 Å². The van der Waals surface area contributed by atoms with Crippen LogP contribution < -0.4 is 16.6 Å². The second-order valence-electron chi connectivity index (χ2n) is 11.0. The van der Waals surface area contributed by atoms with Crippen LogP contribution in [0.4, 0.5) is 5.95 Å². The maximum atomic E-state index is 13.0. The number of aromatic amines is 1. The quantitative estimate of drug-likeness (QED) is 0.239. The summed E-state index contributed by atoms with van der Waals surface area (Å²) >= 11 is 0. The third-order valence-electron chi connectivity index (χ3n) is 7.97. The van der Waals surface area contributed by atoms with Crippen LogP contribution in [0, 0.1) is 5.92 Å². The fourth-order valence-electron chi connectivity index (χ4n) is 5.92. The molecule has 3 aromatic carbocycles. The lowest BCUT2D eigenvalue weighted by Crippen LogP contribution is -2.57. The Morgan fingerprint density at radius 2 is 1.53 bits per heavy atom. The molecule has 6 rings (SSSR count). The van der Waals surface area contributed by atoms with Crippen molar-refractivity contribution in [2.75, 3.05) is 25.0 Å². The molecule has 10 nitrogen and oxygen atoms in total. The van der Waals surface area contributed by atoms with E-state index in [0.717, 1.165) is 16.7 Å². The van der Waals surface area contributed by atoms with E-state index in [1.165, 1.54) is 0 Å². The lowest BCUT2D eigenvalue weighted by Gasteiger charge is -2.50. The summed E-state index contributed by atoms with van der Waals surface area (Å²) in [5.74, 6) is -0.475. The number of ether oxygens (including phenoxy) is 1. The van der Waals surface area contributed by atoms with Crippen LogP contribution in [-0.4, -0.2) is 56.1 Å². The monoisotopic (exact) mass is 577 g/mol. The molecular formula is C33H35N7O3. The van der Waals surface area contributed by atoms with Gasteiger partial charge in [-0.2, -0.15) is 4.98 Å². The highest BCUT2D eigenvalue weighted by molar-refractivity contribution is 5.91. The Bertz CT molecular complexity index is 1660. The molecule has 0 aliphatic carbocycles. The number of nitrogens with zero attached hydrogens (tertiary/aromatic N) is 4. The number of nitrogens with two attached hydrogens (primary N) is 1. The van der Waals surface area contributed by atoms with Crippen molar-refractivity contribution in [1.29, 1.82) is 0 Å². The smallest absolute Gasteiger partial charge is 0.280 e. The first-order valence-corrected chi connectivity index (χ1v) is 14.5. The summed E-state index contributed by atoms with van der Waals surface area (Å²) in [6.45, 7) is 4.82. The first kappa shape index (κ1) is 28.5. The molecule has 3 heterocycles. The van der Waals surface area contributed by atoms with Crippen molar-refractivity contribution in [2.45, 2.75) is 31.7 Å². The van der Waals surface area contributed by atoms with Crippen LogP contribution in [0.25, 0.3) is 11.2 Å². The van der Waals surface area contributed by atoms with Gasteiger partial charge in [0.05, 0.1) is 18.0 Å². The molecule has 2 aromatic heterocycles. The number of amides is 1. The van der Waals surface area contributed by atoms with Crippen LogP contribution in [0.3, 0.4) is 0 Å². The molecule has 5 aromatic rings.